The fourth-order valence-electron chi connectivity index (χ4n) is 1.49. The molecule has 0 radical (unpaired) electrons. The Morgan fingerprint density at radius 2 is 2.12 bits per heavy atom. The second-order valence-electron chi connectivity index (χ2n) is 3.56. The summed E-state index contributed by atoms with van der Waals surface area (Å²) >= 11 is 5.12. The van der Waals surface area contributed by atoms with E-state index in [4.69, 9.17) is 11.6 Å². The lowest BCUT2D eigenvalue weighted by molar-refractivity contribution is 0.107. The highest BCUT2D eigenvalue weighted by Gasteiger charge is 2.20. The summed E-state index contributed by atoms with van der Waals surface area (Å²) in [6.07, 6.45) is 1.38. The number of hydrogen-bond acceptors (Lipinski definition) is 4. The molecule has 0 aromatic heterocycles. The first kappa shape index (κ1) is 11.8. The Morgan fingerprint density at radius 1 is 1.41 bits per heavy atom. The van der Waals surface area contributed by atoms with Crippen molar-refractivity contribution in [2.45, 2.75) is 0 Å². The van der Waals surface area contributed by atoms with Crippen molar-refractivity contribution < 1.29 is 13.6 Å². The maximum absolute atomic E-state index is 13.7. The number of hydrazone groups is 1. The third kappa shape index (κ3) is 2.21. The van der Waals surface area contributed by atoms with Gasteiger partial charge >= 0.3 is 0 Å². The van der Waals surface area contributed by atoms with Gasteiger partial charge in [0.15, 0.2) is 0 Å². The minimum absolute atomic E-state index is 0.0114. The summed E-state index contributed by atoms with van der Waals surface area (Å²) in [6.45, 7) is 0.310. The zero-order valence-corrected chi connectivity index (χ0v) is 9.58. The van der Waals surface area contributed by atoms with Crippen LogP contribution < -0.4 is 4.90 Å². The molecule has 1 aliphatic heterocycles. The molecule has 0 spiro atoms. The van der Waals surface area contributed by atoms with E-state index in [-0.39, 0.29) is 5.69 Å². The van der Waals surface area contributed by atoms with Gasteiger partial charge in [-0.25, -0.2) is 8.78 Å². The highest BCUT2D eigenvalue weighted by molar-refractivity contribution is 6.67. The van der Waals surface area contributed by atoms with Crippen LogP contribution in [-0.2, 0) is 0 Å². The van der Waals surface area contributed by atoms with Crippen molar-refractivity contribution in [3.05, 3.63) is 29.3 Å². The number of carbonyl (C=O) groups excluding carboxylic acids is 1. The molecule has 0 N–H and O–H groups in total. The number of benzene rings is 1. The van der Waals surface area contributed by atoms with E-state index in [0.29, 0.717) is 6.67 Å². The van der Waals surface area contributed by atoms with Crippen molar-refractivity contribution >= 4 is 28.9 Å². The molecule has 2 rings (SSSR count). The van der Waals surface area contributed by atoms with Crippen LogP contribution in [0.15, 0.2) is 17.2 Å². The maximum atomic E-state index is 13.7. The van der Waals surface area contributed by atoms with Crippen molar-refractivity contribution in [3.63, 3.8) is 0 Å². The Kier molecular flexibility index (Phi) is 2.97. The lowest BCUT2D eigenvalue weighted by Gasteiger charge is -2.17. The van der Waals surface area contributed by atoms with Crippen LogP contribution >= 0.6 is 11.6 Å². The second kappa shape index (κ2) is 4.29. The van der Waals surface area contributed by atoms with Crippen molar-refractivity contribution in [1.82, 2.24) is 5.01 Å². The van der Waals surface area contributed by atoms with Crippen LogP contribution in [-0.4, -0.2) is 30.3 Å². The first-order chi connectivity index (χ1) is 7.99. The molecule has 1 heterocycles. The van der Waals surface area contributed by atoms with Crippen molar-refractivity contribution in [1.29, 1.82) is 0 Å². The Bertz CT molecular complexity index is 507. The lowest BCUT2D eigenvalue weighted by Crippen LogP contribution is -2.25. The summed E-state index contributed by atoms with van der Waals surface area (Å²) in [5.41, 5.74) is -0.463. The van der Waals surface area contributed by atoms with Crippen molar-refractivity contribution in [2.75, 3.05) is 18.6 Å². The fraction of sp³-hybridized carbons (Fsp3) is 0.200. The third-order valence-electron chi connectivity index (χ3n) is 2.30. The predicted molar refractivity (Wildman–Crippen MR) is 60.1 cm³/mol. The number of nitrogens with zero attached hydrogens (tertiary/aromatic N) is 3. The van der Waals surface area contributed by atoms with Gasteiger partial charge in [-0.1, -0.05) is 0 Å². The van der Waals surface area contributed by atoms with E-state index < -0.39 is 22.4 Å². The largest absolute Gasteiger partial charge is 0.308 e. The Balaban J connectivity index is 2.40. The van der Waals surface area contributed by atoms with E-state index in [1.807, 2.05) is 0 Å². The Labute approximate surface area is 101 Å². The van der Waals surface area contributed by atoms with Crippen LogP contribution in [0.2, 0.25) is 0 Å². The first-order valence-corrected chi connectivity index (χ1v) is 5.07. The molecule has 0 amide bonds. The van der Waals surface area contributed by atoms with E-state index in [1.165, 1.54) is 11.2 Å². The van der Waals surface area contributed by atoms with Gasteiger partial charge in [0, 0.05) is 13.1 Å². The molecule has 1 aromatic carbocycles. The molecule has 90 valence electrons. The number of rotatable bonds is 2. The van der Waals surface area contributed by atoms with E-state index >= 15 is 0 Å². The van der Waals surface area contributed by atoms with Gasteiger partial charge in [0.1, 0.15) is 24.6 Å². The summed E-state index contributed by atoms with van der Waals surface area (Å²) in [4.78, 5) is 12.2. The van der Waals surface area contributed by atoms with Gasteiger partial charge in [-0.2, -0.15) is 5.10 Å². The molecule has 4 nitrogen and oxygen atoms in total. The fourth-order valence-corrected chi connectivity index (χ4v) is 1.63. The van der Waals surface area contributed by atoms with Crippen LogP contribution in [0.3, 0.4) is 0 Å². The van der Waals surface area contributed by atoms with Crippen LogP contribution in [0.4, 0.5) is 14.5 Å². The SMILES string of the molecule is CN1CN(c2cc(F)c(C(=O)Cl)cc2F)C=N1. The molecular formula is C10H8ClF2N3O. The van der Waals surface area contributed by atoms with Gasteiger partial charge in [0.2, 0.25) is 0 Å². The standard InChI is InChI=1S/C10H8ClF2N3O/c1-15-5-16(4-14-15)9-3-7(12)6(10(11)17)2-8(9)13/h2-4H,5H2,1H3. The van der Waals surface area contributed by atoms with Crippen LogP contribution in [0.1, 0.15) is 10.4 Å². The quantitative estimate of drug-likeness (QED) is 0.762. The normalized spacial score (nSPS) is 14.6. The van der Waals surface area contributed by atoms with Crippen molar-refractivity contribution in [3.8, 4) is 0 Å². The second-order valence-corrected chi connectivity index (χ2v) is 3.90. The number of anilines is 1. The van der Waals surface area contributed by atoms with E-state index in [1.54, 1.807) is 12.1 Å². The van der Waals surface area contributed by atoms with Crippen molar-refractivity contribution in [2.24, 2.45) is 5.10 Å². The summed E-state index contributed by atoms with van der Waals surface area (Å²) < 4.78 is 27.1. The molecule has 1 aromatic rings. The molecule has 0 atom stereocenters. The Morgan fingerprint density at radius 3 is 2.65 bits per heavy atom. The van der Waals surface area contributed by atoms with E-state index in [0.717, 1.165) is 12.1 Å². The molecule has 0 unspecified atom stereocenters. The molecule has 1 aliphatic rings. The highest BCUT2D eigenvalue weighted by Crippen LogP contribution is 2.24. The smallest absolute Gasteiger partial charge is 0.255 e. The first-order valence-electron chi connectivity index (χ1n) is 4.70. The molecule has 17 heavy (non-hydrogen) atoms. The number of carbonyl (C=O) groups is 1. The topological polar surface area (TPSA) is 35.9 Å². The summed E-state index contributed by atoms with van der Waals surface area (Å²) in [5, 5.41) is 4.40. The summed E-state index contributed by atoms with van der Waals surface area (Å²) in [5.74, 6) is -1.58. The molecule has 0 fully saturated rings. The monoisotopic (exact) mass is 259 g/mol. The van der Waals surface area contributed by atoms with Gasteiger partial charge in [-0.3, -0.25) is 9.80 Å². The molecule has 7 heteroatoms. The molecular weight excluding hydrogens is 252 g/mol. The number of hydrogen-bond donors (Lipinski definition) is 0. The predicted octanol–water partition coefficient (Wildman–Crippen LogP) is 2.00. The molecule has 0 bridgehead atoms. The van der Waals surface area contributed by atoms with Gasteiger partial charge in [-0.05, 0) is 17.7 Å². The van der Waals surface area contributed by atoms with Gasteiger partial charge in [0.25, 0.3) is 5.24 Å². The lowest BCUT2D eigenvalue weighted by atomic mass is 10.2. The zero-order chi connectivity index (χ0) is 12.6. The third-order valence-corrected chi connectivity index (χ3v) is 2.51. The maximum Gasteiger partial charge on any atom is 0.255 e. The molecule has 0 aliphatic carbocycles. The average Bonchev–Trinajstić information content (AvgIpc) is 2.67. The minimum atomic E-state index is -1.03. The highest BCUT2D eigenvalue weighted by atomic mass is 35.5. The van der Waals surface area contributed by atoms with Crippen LogP contribution in [0.5, 0.6) is 0 Å². The van der Waals surface area contributed by atoms with E-state index in [2.05, 4.69) is 5.10 Å². The Hall–Kier alpha value is -1.69. The molecule has 0 saturated heterocycles. The van der Waals surface area contributed by atoms with E-state index in [9.17, 15) is 13.6 Å². The van der Waals surface area contributed by atoms with Gasteiger partial charge in [0.05, 0.1) is 11.3 Å². The average molecular weight is 260 g/mol. The van der Waals surface area contributed by atoms with Gasteiger partial charge in [-0.15, -0.1) is 0 Å². The summed E-state index contributed by atoms with van der Waals surface area (Å²) in [6, 6.07) is 1.71. The van der Waals surface area contributed by atoms with Crippen LogP contribution in [0, 0.1) is 11.6 Å². The van der Waals surface area contributed by atoms with Gasteiger partial charge < -0.3 is 4.90 Å². The number of halogens is 3. The summed E-state index contributed by atoms with van der Waals surface area (Å²) in [7, 11) is 1.70. The van der Waals surface area contributed by atoms with Crippen LogP contribution in [0.25, 0.3) is 0 Å². The zero-order valence-electron chi connectivity index (χ0n) is 8.82. The minimum Gasteiger partial charge on any atom is -0.308 e. The molecule has 0 saturated carbocycles.